The van der Waals surface area contributed by atoms with Gasteiger partial charge in [0.25, 0.3) is 5.91 Å². The number of hydrogen-bond acceptors (Lipinski definition) is 5. The minimum Gasteiger partial charge on any atom is -0.472 e. The molecule has 0 aliphatic carbocycles. The minimum atomic E-state index is -0.444. The Morgan fingerprint density at radius 1 is 1.07 bits per heavy atom. The Hall–Kier alpha value is -4.07. The van der Waals surface area contributed by atoms with Crippen LogP contribution in [0.25, 0.3) is 5.69 Å². The van der Waals surface area contributed by atoms with Crippen molar-refractivity contribution in [1.29, 1.82) is 0 Å². The molecule has 4 aromatic rings. The molecule has 2 heterocycles. The lowest BCUT2D eigenvalue weighted by atomic mass is 10.2. The molecule has 0 spiro atoms. The summed E-state index contributed by atoms with van der Waals surface area (Å²) in [6, 6.07) is 17.2. The summed E-state index contributed by atoms with van der Waals surface area (Å²) in [6.07, 6.45) is 2.75. The summed E-state index contributed by atoms with van der Waals surface area (Å²) in [5, 5.41) is 7.11. The van der Waals surface area contributed by atoms with Gasteiger partial charge in [-0.05, 0) is 36.8 Å². The van der Waals surface area contributed by atoms with Gasteiger partial charge >= 0.3 is 0 Å². The fourth-order valence-corrected chi connectivity index (χ4v) is 2.79. The second kappa shape index (κ2) is 8.52. The summed E-state index contributed by atoms with van der Waals surface area (Å²) in [6.45, 7) is 2.16. The molecule has 1 amide bonds. The van der Waals surface area contributed by atoms with Gasteiger partial charge in [-0.15, -0.1) is 0 Å². The van der Waals surface area contributed by atoms with E-state index >= 15 is 0 Å². The van der Waals surface area contributed by atoms with Gasteiger partial charge in [-0.1, -0.05) is 30.3 Å². The SMILES string of the molecule is Cc1cc(NC(=O)c2cnc(OCc3ccccc3)cn2)n(-c2ccc(F)cc2)n1. The largest absolute Gasteiger partial charge is 0.472 e. The van der Waals surface area contributed by atoms with Crippen LogP contribution in [0.5, 0.6) is 5.88 Å². The summed E-state index contributed by atoms with van der Waals surface area (Å²) in [4.78, 5) is 20.9. The van der Waals surface area contributed by atoms with Gasteiger partial charge in [-0.25, -0.2) is 19.0 Å². The standard InChI is InChI=1S/C22H18FN5O2/c1-15-11-20(28(27-15)18-9-7-17(23)8-10-18)26-22(29)19-12-25-21(13-24-19)30-14-16-5-3-2-4-6-16/h2-13H,14H2,1H3,(H,26,29). The number of hydrogen-bond donors (Lipinski definition) is 1. The molecule has 0 radical (unpaired) electrons. The smallest absolute Gasteiger partial charge is 0.277 e. The van der Waals surface area contributed by atoms with E-state index < -0.39 is 5.91 Å². The average Bonchev–Trinajstić information content (AvgIpc) is 3.13. The number of carbonyl (C=O) groups excluding carboxylic acids is 1. The van der Waals surface area contributed by atoms with E-state index in [4.69, 9.17) is 4.74 Å². The fourth-order valence-electron chi connectivity index (χ4n) is 2.79. The lowest BCUT2D eigenvalue weighted by Gasteiger charge is -2.09. The van der Waals surface area contributed by atoms with Crippen molar-refractivity contribution in [2.45, 2.75) is 13.5 Å². The topological polar surface area (TPSA) is 81.9 Å². The Morgan fingerprint density at radius 2 is 1.83 bits per heavy atom. The van der Waals surface area contributed by atoms with Crippen molar-refractivity contribution in [2.24, 2.45) is 0 Å². The number of benzene rings is 2. The van der Waals surface area contributed by atoms with Crippen molar-refractivity contribution in [3.63, 3.8) is 0 Å². The predicted molar refractivity (Wildman–Crippen MR) is 109 cm³/mol. The molecule has 7 nitrogen and oxygen atoms in total. The molecule has 0 aliphatic rings. The normalized spacial score (nSPS) is 10.6. The molecular formula is C22H18FN5O2. The second-order valence-electron chi connectivity index (χ2n) is 6.53. The van der Waals surface area contributed by atoms with Gasteiger partial charge in [0.1, 0.15) is 23.9 Å². The number of amides is 1. The van der Waals surface area contributed by atoms with Crippen molar-refractivity contribution in [2.75, 3.05) is 5.32 Å². The molecule has 1 N–H and O–H groups in total. The van der Waals surface area contributed by atoms with Crippen LogP contribution in [0.4, 0.5) is 10.2 Å². The highest BCUT2D eigenvalue weighted by atomic mass is 19.1. The van der Waals surface area contributed by atoms with E-state index in [1.165, 1.54) is 29.2 Å². The molecule has 8 heteroatoms. The monoisotopic (exact) mass is 403 g/mol. The maximum absolute atomic E-state index is 13.2. The van der Waals surface area contributed by atoms with Crippen LogP contribution in [-0.4, -0.2) is 25.7 Å². The third-order valence-corrected chi connectivity index (χ3v) is 4.23. The Bertz CT molecular complexity index is 1140. The summed E-state index contributed by atoms with van der Waals surface area (Å²) in [7, 11) is 0. The highest BCUT2D eigenvalue weighted by Gasteiger charge is 2.14. The Kier molecular flexibility index (Phi) is 5.47. The number of rotatable bonds is 6. The average molecular weight is 403 g/mol. The molecular weight excluding hydrogens is 385 g/mol. The molecule has 0 saturated carbocycles. The highest BCUT2D eigenvalue weighted by molar-refractivity contribution is 6.02. The minimum absolute atomic E-state index is 0.131. The van der Waals surface area contributed by atoms with E-state index in [9.17, 15) is 9.18 Å². The zero-order valence-electron chi connectivity index (χ0n) is 16.1. The molecule has 0 unspecified atom stereocenters. The Labute approximate surface area is 172 Å². The maximum atomic E-state index is 13.2. The first-order valence-electron chi connectivity index (χ1n) is 9.21. The molecule has 0 bridgehead atoms. The summed E-state index contributed by atoms with van der Waals surface area (Å²) >= 11 is 0. The van der Waals surface area contributed by atoms with Crippen molar-refractivity contribution in [3.8, 4) is 11.6 Å². The lowest BCUT2D eigenvalue weighted by molar-refractivity contribution is 0.102. The molecule has 2 aromatic carbocycles. The molecule has 4 rings (SSSR count). The number of nitrogens with one attached hydrogen (secondary N) is 1. The van der Waals surface area contributed by atoms with Gasteiger partial charge in [-0.3, -0.25) is 4.79 Å². The molecule has 30 heavy (non-hydrogen) atoms. The summed E-state index contributed by atoms with van der Waals surface area (Å²) in [5.74, 6) is -0.0312. The first kappa shape index (κ1) is 19.3. The Balaban J connectivity index is 1.45. The number of nitrogens with zero attached hydrogens (tertiary/aromatic N) is 4. The lowest BCUT2D eigenvalue weighted by Crippen LogP contribution is -2.17. The van der Waals surface area contributed by atoms with Gasteiger partial charge in [0.2, 0.25) is 5.88 Å². The van der Waals surface area contributed by atoms with Crippen molar-refractivity contribution < 1.29 is 13.9 Å². The molecule has 2 aromatic heterocycles. The number of aromatic nitrogens is 4. The van der Waals surface area contributed by atoms with Gasteiger partial charge < -0.3 is 10.1 Å². The van der Waals surface area contributed by atoms with Crippen molar-refractivity contribution >= 4 is 11.7 Å². The molecule has 0 atom stereocenters. The van der Waals surface area contributed by atoms with E-state index in [-0.39, 0.29) is 11.5 Å². The number of halogens is 1. The van der Waals surface area contributed by atoms with Crippen LogP contribution in [0, 0.1) is 12.7 Å². The van der Waals surface area contributed by atoms with Crippen molar-refractivity contribution in [1.82, 2.24) is 19.7 Å². The molecule has 150 valence electrons. The number of anilines is 1. The van der Waals surface area contributed by atoms with Gasteiger partial charge in [0.15, 0.2) is 0 Å². The molecule has 0 fully saturated rings. The number of carbonyl (C=O) groups is 1. The van der Waals surface area contributed by atoms with Gasteiger partial charge in [-0.2, -0.15) is 5.10 Å². The van der Waals surface area contributed by atoms with E-state index in [0.29, 0.717) is 29.7 Å². The third kappa shape index (κ3) is 4.49. The van der Waals surface area contributed by atoms with E-state index in [1.54, 1.807) is 25.1 Å². The highest BCUT2D eigenvalue weighted by Crippen LogP contribution is 2.18. The van der Waals surface area contributed by atoms with Crippen LogP contribution in [0.15, 0.2) is 73.1 Å². The quantitative estimate of drug-likeness (QED) is 0.527. The first-order valence-corrected chi connectivity index (χ1v) is 9.21. The van der Waals surface area contributed by atoms with Crippen LogP contribution in [0.2, 0.25) is 0 Å². The van der Waals surface area contributed by atoms with Gasteiger partial charge in [0, 0.05) is 6.07 Å². The second-order valence-corrected chi connectivity index (χ2v) is 6.53. The van der Waals surface area contributed by atoms with Crippen LogP contribution in [-0.2, 0) is 6.61 Å². The van der Waals surface area contributed by atoms with E-state index in [1.807, 2.05) is 30.3 Å². The third-order valence-electron chi connectivity index (χ3n) is 4.23. The van der Waals surface area contributed by atoms with Crippen LogP contribution < -0.4 is 10.1 Å². The number of ether oxygens (including phenoxy) is 1. The predicted octanol–water partition coefficient (Wildman–Crippen LogP) is 3.94. The molecule has 0 saturated heterocycles. The van der Waals surface area contributed by atoms with Crippen LogP contribution in [0.1, 0.15) is 21.7 Å². The fraction of sp³-hybridized carbons (Fsp3) is 0.0909. The zero-order chi connectivity index (χ0) is 20.9. The Morgan fingerprint density at radius 3 is 2.53 bits per heavy atom. The van der Waals surface area contributed by atoms with Gasteiger partial charge in [0.05, 0.1) is 23.8 Å². The maximum Gasteiger partial charge on any atom is 0.277 e. The van der Waals surface area contributed by atoms with E-state index in [2.05, 4.69) is 20.4 Å². The molecule has 0 aliphatic heterocycles. The summed E-state index contributed by atoms with van der Waals surface area (Å²) in [5.41, 5.74) is 2.46. The van der Waals surface area contributed by atoms with Crippen molar-refractivity contribution in [3.05, 3.63) is 95.8 Å². The van der Waals surface area contributed by atoms with Crippen LogP contribution >= 0.6 is 0 Å². The zero-order valence-corrected chi connectivity index (χ0v) is 16.1. The number of aryl methyl sites for hydroxylation is 1. The van der Waals surface area contributed by atoms with E-state index in [0.717, 1.165) is 5.56 Å². The first-order chi connectivity index (χ1) is 14.6. The van der Waals surface area contributed by atoms with Crippen LogP contribution in [0.3, 0.4) is 0 Å². The summed E-state index contributed by atoms with van der Waals surface area (Å²) < 4.78 is 20.3.